The van der Waals surface area contributed by atoms with Gasteiger partial charge in [0.1, 0.15) is 12.3 Å². The van der Waals surface area contributed by atoms with Crippen LogP contribution in [0.5, 0.6) is 0 Å². The van der Waals surface area contributed by atoms with Gasteiger partial charge in [0.15, 0.2) is 0 Å². The third kappa shape index (κ3) is 8.72. The molecule has 1 spiro atoms. The molecule has 17 nitrogen and oxygen atoms in total. The highest BCUT2D eigenvalue weighted by atomic mass is 16.3. The van der Waals surface area contributed by atoms with E-state index in [9.17, 15) is 29.1 Å². The Bertz CT molecular complexity index is 2300. The van der Waals surface area contributed by atoms with E-state index in [4.69, 9.17) is 0 Å². The second kappa shape index (κ2) is 18.4. The van der Waals surface area contributed by atoms with Crippen LogP contribution >= 0.6 is 0 Å². The number of carbonyl (C=O) groups is 5. The molecular weight excluding hydrogens is 863 g/mol. The normalized spacial score (nSPS) is 33.2. The highest BCUT2D eigenvalue weighted by molar-refractivity contribution is 6.23. The molecule has 9 aliphatic heterocycles. The second-order valence-electron chi connectivity index (χ2n) is 21.5. The molecular formula is C51H69N11O6. The van der Waals surface area contributed by atoms with Gasteiger partial charge in [-0.05, 0) is 151 Å². The van der Waals surface area contributed by atoms with Gasteiger partial charge in [-0.3, -0.25) is 55.1 Å². The van der Waals surface area contributed by atoms with Gasteiger partial charge in [0, 0.05) is 68.8 Å². The first kappa shape index (κ1) is 45.5. The van der Waals surface area contributed by atoms with Gasteiger partial charge in [-0.1, -0.05) is 12.2 Å². The lowest BCUT2D eigenvalue weighted by molar-refractivity contribution is -0.146. The molecule has 17 heteroatoms. The number of amides is 5. The van der Waals surface area contributed by atoms with Gasteiger partial charge in [-0.25, -0.2) is 0 Å². The second-order valence-corrected chi connectivity index (χ2v) is 21.5. The Hall–Kier alpha value is -4.91. The number of hydrazine groups is 1. The number of aliphatic hydroxyl groups is 1. The number of hydrogen-bond acceptors (Lipinski definition) is 14. The molecule has 2 aromatic rings. The summed E-state index contributed by atoms with van der Waals surface area (Å²) in [6.45, 7) is 10.4. The van der Waals surface area contributed by atoms with Crippen molar-refractivity contribution in [2.45, 2.75) is 127 Å². The topological polar surface area (TPSA) is 185 Å². The molecule has 0 aliphatic carbocycles. The van der Waals surface area contributed by atoms with Crippen LogP contribution in [0.25, 0.3) is 0 Å². The Morgan fingerprint density at radius 2 is 1.49 bits per heavy atom. The van der Waals surface area contributed by atoms with Crippen molar-refractivity contribution in [2.75, 3.05) is 74.0 Å². The minimum Gasteiger partial charge on any atom is -0.389 e. The Labute approximate surface area is 399 Å². The number of likely N-dealkylation sites (tertiary alicyclic amines) is 1. The number of nitrogens with zero attached hydrogens (tertiary/aromatic N) is 6. The summed E-state index contributed by atoms with van der Waals surface area (Å²) in [6.07, 6.45) is 15.5. The average Bonchev–Trinajstić information content (AvgIpc) is 3.76. The van der Waals surface area contributed by atoms with Crippen molar-refractivity contribution in [1.82, 2.24) is 41.1 Å². The molecule has 68 heavy (non-hydrogen) atoms. The van der Waals surface area contributed by atoms with Crippen LogP contribution in [0.2, 0.25) is 0 Å². The standard InChI is InChI=1S/C51H69N11O6/c1-50(68)18-3-2-4-23-60-46(65)39-31-52-49(56-44(39)62(60)42-7-5-6-41(50)54-42)53-34-8-10-35(11-9-34)59-28-21-51(22-29-59)19-26-57(27-20-51)32-33-16-24-58(25-17-33)36-12-13-37-38(30-36)48(67)61(47(37)66)40-14-15-43(63)55-45(40)64/h2,4,8-13,30,33,39-42,44,49,52-54,56,68H,3,5-7,14-29,31-32H2,1H3,(H,55,63,64)/b4-2-/t39?,40?,41?,42?,44?,49?,50-/m1/s1. The van der Waals surface area contributed by atoms with E-state index >= 15 is 0 Å². The van der Waals surface area contributed by atoms with Gasteiger partial charge in [0.2, 0.25) is 17.7 Å². The zero-order valence-corrected chi connectivity index (χ0v) is 39.5. The summed E-state index contributed by atoms with van der Waals surface area (Å²) < 4.78 is 0. The van der Waals surface area contributed by atoms with E-state index in [1.807, 2.05) is 24.1 Å². The number of nitrogens with one attached hydrogen (secondary N) is 5. The molecule has 0 saturated carbocycles. The number of allylic oxidation sites excluding steroid dienone is 1. The van der Waals surface area contributed by atoms with Crippen molar-refractivity contribution in [3.05, 3.63) is 65.7 Å². The molecule has 2 bridgehead atoms. The van der Waals surface area contributed by atoms with Crippen LogP contribution in [-0.4, -0.2) is 150 Å². The van der Waals surface area contributed by atoms with Gasteiger partial charge in [0.25, 0.3) is 11.8 Å². The number of carbonyl (C=O) groups excluding carboxylic acids is 5. The van der Waals surface area contributed by atoms with Crippen molar-refractivity contribution in [2.24, 2.45) is 17.3 Å². The molecule has 11 rings (SSSR count). The summed E-state index contributed by atoms with van der Waals surface area (Å²) >= 11 is 0. The van der Waals surface area contributed by atoms with Crippen LogP contribution < -0.4 is 36.4 Å². The number of piperidine rings is 5. The third-order valence-corrected chi connectivity index (χ3v) is 17.3. The molecule has 6 N–H and O–H groups in total. The van der Waals surface area contributed by atoms with Crippen molar-refractivity contribution in [1.29, 1.82) is 0 Å². The Balaban J connectivity index is 0.629. The van der Waals surface area contributed by atoms with Crippen molar-refractivity contribution >= 4 is 46.6 Å². The first-order valence-corrected chi connectivity index (χ1v) is 25.6. The summed E-state index contributed by atoms with van der Waals surface area (Å²) in [5.41, 5.74) is 3.47. The minimum absolute atomic E-state index is 0.0210. The van der Waals surface area contributed by atoms with Crippen LogP contribution in [-0.2, 0) is 14.4 Å². The Morgan fingerprint density at radius 1 is 0.765 bits per heavy atom. The summed E-state index contributed by atoms with van der Waals surface area (Å²) in [6, 6.07) is 13.3. The van der Waals surface area contributed by atoms with Crippen molar-refractivity contribution in [3.8, 4) is 0 Å². The zero-order chi connectivity index (χ0) is 46.7. The lowest BCUT2D eigenvalue weighted by atomic mass is 9.71. The van der Waals surface area contributed by atoms with Gasteiger partial charge in [0.05, 0.1) is 41.5 Å². The molecule has 2 aromatic carbocycles. The molecule has 9 heterocycles. The molecule has 0 aromatic heterocycles. The molecule has 7 atom stereocenters. The predicted molar refractivity (Wildman–Crippen MR) is 257 cm³/mol. The summed E-state index contributed by atoms with van der Waals surface area (Å²) in [4.78, 5) is 73.2. The average molecular weight is 932 g/mol. The predicted octanol–water partition coefficient (Wildman–Crippen LogP) is 3.15. The minimum atomic E-state index is -0.958. The first-order valence-electron chi connectivity index (χ1n) is 25.6. The Kier molecular flexibility index (Phi) is 12.3. The number of rotatable bonds is 7. The van der Waals surface area contributed by atoms with Crippen LogP contribution in [0.4, 0.5) is 17.1 Å². The van der Waals surface area contributed by atoms with Crippen LogP contribution in [0.1, 0.15) is 111 Å². The fourth-order valence-electron chi connectivity index (χ4n) is 13.0. The molecule has 364 valence electrons. The highest BCUT2D eigenvalue weighted by Gasteiger charge is 2.53. The van der Waals surface area contributed by atoms with Crippen molar-refractivity contribution < 1.29 is 29.1 Å². The number of imide groups is 2. The number of hydrogen-bond donors (Lipinski definition) is 6. The maximum atomic E-state index is 13.8. The smallest absolute Gasteiger partial charge is 0.262 e. The summed E-state index contributed by atoms with van der Waals surface area (Å²) in [5, 5.41) is 32.5. The lowest BCUT2D eigenvalue weighted by Crippen LogP contribution is -2.69. The Morgan fingerprint density at radius 3 is 2.25 bits per heavy atom. The van der Waals surface area contributed by atoms with E-state index in [0.29, 0.717) is 42.0 Å². The molecule has 7 fully saturated rings. The van der Waals surface area contributed by atoms with Gasteiger partial charge < -0.3 is 25.1 Å². The monoisotopic (exact) mass is 932 g/mol. The van der Waals surface area contributed by atoms with Crippen LogP contribution in [0.3, 0.4) is 0 Å². The van der Waals surface area contributed by atoms with Gasteiger partial charge >= 0.3 is 0 Å². The molecule has 9 aliphatic rings. The number of benzene rings is 2. The van der Waals surface area contributed by atoms with Gasteiger partial charge in [-0.2, -0.15) is 5.01 Å². The van der Waals surface area contributed by atoms with E-state index in [1.165, 1.54) is 31.4 Å². The van der Waals surface area contributed by atoms with E-state index < -0.39 is 29.4 Å². The number of fused-ring (bicyclic) bond motifs is 7. The van der Waals surface area contributed by atoms with Gasteiger partial charge in [-0.15, -0.1) is 0 Å². The van der Waals surface area contributed by atoms with Crippen LogP contribution in [0, 0.1) is 17.3 Å². The fraction of sp³-hybridized carbons (Fsp3) is 0.627. The van der Waals surface area contributed by atoms with Crippen LogP contribution in [0.15, 0.2) is 54.6 Å². The highest BCUT2D eigenvalue weighted by Crippen LogP contribution is 2.43. The lowest BCUT2D eigenvalue weighted by Gasteiger charge is -2.48. The fourth-order valence-corrected chi connectivity index (χ4v) is 13.0. The zero-order valence-electron chi connectivity index (χ0n) is 39.5. The summed E-state index contributed by atoms with van der Waals surface area (Å²) in [7, 11) is 0. The van der Waals surface area contributed by atoms with E-state index in [-0.39, 0.29) is 55.2 Å². The third-order valence-electron chi connectivity index (χ3n) is 17.3. The van der Waals surface area contributed by atoms with E-state index in [0.717, 1.165) is 101 Å². The maximum Gasteiger partial charge on any atom is 0.262 e. The quantitative estimate of drug-likeness (QED) is 0.176. The largest absolute Gasteiger partial charge is 0.389 e. The molecule has 7 saturated heterocycles. The van der Waals surface area contributed by atoms with E-state index in [2.05, 4.69) is 82.7 Å². The molecule has 5 amide bonds. The maximum absolute atomic E-state index is 13.8. The number of anilines is 3. The van der Waals surface area contributed by atoms with Crippen molar-refractivity contribution in [3.63, 3.8) is 0 Å². The summed E-state index contributed by atoms with van der Waals surface area (Å²) in [5.74, 6) is -1.34. The molecule has 0 radical (unpaired) electrons. The van der Waals surface area contributed by atoms with E-state index in [1.54, 1.807) is 6.07 Å². The SMILES string of the molecule is C[C@@]1(O)CC/C=C\CN2C(=O)C3CNC(Nc4ccc(N5CCC6(CCN(CC7CCN(c8ccc9c(c8)C(=O)N(C8CCC(=O)NC8=O)C9=O)CC7)CC6)CC5)cc4)NC3N2C2CCCC1N2. The molecule has 6 unspecified atom stereocenters. The first-order chi connectivity index (χ1) is 32.9.